The summed E-state index contributed by atoms with van der Waals surface area (Å²) in [5.41, 5.74) is 0. The molecule has 0 fully saturated rings. The van der Waals surface area contributed by atoms with Crippen molar-refractivity contribution in [3.63, 3.8) is 0 Å². The summed E-state index contributed by atoms with van der Waals surface area (Å²) >= 11 is 0.247. The number of aldehydes is 1. The molecule has 34 valence electrons. The molecule has 0 aromatic heterocycles. The molecule has 0 unspecified atom stereocenters. The number of hydrogen-bond donors (Lipinski definition) is 0. The predicted octanol–water partition coefficient (Wildman–Crippen LogP) is -0.0207. The van der Waals surface area contributed by atoms with Crippen molar-refractivity contribution in [2.45, 2.75) is 6.42 Å². The maximum atomic E-state index is 9.95. The molecule has 0 bridgehead atoms. The van der Waals surface area contributed by atoms with E-state index < -0.39 is 0 Å². The molecule has 0 saturated carbocycles. The van der Waals surface area contributed by atoms with Gasteiger partial charge in [-0.1, -0.05) is 0 Å². The second-order valence-electron chi connectivity index (χ2n) is 1.49. The maximum absolute atomic E-state index is 9.95. The molecule has 0 atom stereocenters. The molecule has 1 nitrogen and oxygen atoms in total. The van der Waals surface area contributed by atoms with Gasteiger partial charge in [-0.25, -0.2) is 0 Å². The van der Waals surface area contributed by atoms with Gasteiger partial charge in [0.2, 0.25) is 0 Å². The van der Waals surface area contributed by atoms with E-state index in [9.17, 15) is 4.79 Å². The summed E-state index contributed by atoms with van der Waals surface area (Å²) in [4.78, 5) is 12.1. The summed E-state index contributed by atoms with van der Waals surface area (Å²) in [7, 11) is 0. The molecule has 1 aliphatic rings. The van der Waals surface area contributed by atoms with Crippen LogP contribution in [0.2, 0.25) is 0 Å². The molecule has 0 radical (unpaired) electrons. The van der Waals surface area contributed by atoms with Gasteiger partial charge in [-0.3, -0.25) is 0 Å². The second kappa shape index (κ2) is 2.21. The van der Waals surface area contributed by atoms with Crippen LogP contribution in [0.4, 0.5) is 0 Å². The number of allylic oxidation sites excluding steroid dienone is 1. The minimum absolute atomic E-state index is 0.247. The van der Waals surface area contributed by atoms with Crippen LogP contribution in [-0.4, -0.2) is 25.4 Å². The number of carbonyl (C=O) groups is 1. The van der Waals surface area contributed by atoms with Crippen LogP contribution >= 0.6 is 0 Å². The molecule has 1 heterocycles. The zero-order chi connectivity index (χ0) is 5.11. The van der Waals surface area contributed by atoms with Gasteiger partial charge in [0.15, 0.2) is 0 Å². The predicted molar refractivity (Wildman–Crippen MR) is 30.6 cm³/mol. The van der Waals surface area contributed by atoms with Gasteiger partial charge in [0.1, 0.15) is 0 Å². The van der Waals surface area contributed by atoms with Crippen LogP contribution in [0.15, 0.2) is 11.0 Å². The topological polar surface area (TPSA) is 17.1 Å². The van der Waals surface area contributed by atoms with E-state index in [4.69, 9.17) is 0 Å². The third kappa shape index (κ3) is 1.09. The van der Waals surface area contributed by atoms with E-state index in [0.29, 0.717) is 0 Å². The van der Waals surface area contributed by atoms with Crippen molar-refractivity contribution >= 4 is 25.4 Å². The first-order valence-corrected chi connectivity index (χ1v) is 3.49. The zero-order valence-corrected chi connectivity index (χ0v) is 5.08. The van der Waals surface area contributed by atoms with Crippen LogP contribution in [0.1, 0.15) is 6.42 Å². The fourth-order valence-electron chi connectivity index (χ4n) is 0.551. The second-order valence-corrected chi connectivity index (χ2v) is 2.95. The summed E-state index contributed by atoms with van der Waals surface area (Å²) in [5, 5.41) is 0. The van der Waals surface area contributed by atoms with Gasteiger partial charge in [-0.05, 0) is 0 Å². The monoisotopic (exact) mass is 108 g/mol. The Morgan fingerprint density at radius 3 is 3.00 bits per heavy atom. The van der Waals surface area contributed by atoms with E-state index >= 15 is 0 Å². The molecule has 0 aromatic carbocycles. The van der Waals surface area contributed by atoms with E-state index in [2.05, 4.69) is 11.0 Å². The van der Waals surface area contributed by atoms with Crippen LogP contribution in [0.5, 0.6) is 0 Å². The first-order valence-electron chi connectivity index (χ1n) is 2.24. The molecule has 1 rings (SSSR count). The van der Waals surface area contributed by atoms with Gasteiger partial charge < -0.3 is 0 Å². The van der Waals surface area contributed by atoms with Gasteiger partial charge in [0.05, 0.1) is 0 Å². The third-order valence-electron chi connectivity index (χ3n) is 0.951. The summed E-state index contributed by atoms with van der Waals surface area (Å²) in [6, 6.07) is 0. The van der Waals surface area contributed by atoms with E-state index in [1.165, 1.54) is 0 Å². The molecule has 0 aliphatic carbocycles. The molecular weight excluding hydrogens is 103 g/mol. The Bertz CT molecular complexity index is 135. The Hall–Kier alpha value is -0.188. The summed E-state index contributed by atoms with van der Waals surface area (Å²) in [6.45, 7) is 0. The van der Waals surface area contributed by atoms with Gasteiger partial charge in [-0.15, -0.1) is 0 Å². The fourth-order valence-corrected chi connectivity index (χ4v) is 1.42. The number of hydrogen-bond acceptors (Lipinski definition) is 1. The van der Waals surface area contributed by atoms with Crippen LogP contribution in [0.25, 0.3) is 0 Å². The van der Waals surface area contributed by atoms with Gasteiger partial charge in [-0.2, -0.15) is 0 Å². The number of carbonyl (C=O) groups excluding carboxylic acids is 1. The summed E-state index contributed by atoms with van der Waals surface area (Å²) < 4.78 is 1.08. The van der Waals surface area contributed by atoms with Crippen molar-refractivity contribution in [3.8, 4) is 0 Å². The van der Waals surface area contributed by atoms with Crippen molar-refractivity contribution in [3.05, 3.63) is 11.0 Å². The summed E-state index contributed by atoms with van der Waals surface area (Å²) in [5.74, 6) is 0. The Kier molecular flexibility index (Phi) is 1.56. The van der Waals surface area contributed by atoms with Crippen LogP contribution in [0, 0.1) is 0 Å². The van der Waals surface area contributed by atoms with Crippen molar-refractivity contribution in [2.24, 2.45) is 0 Å². The Labute approximate surface area is 48.3 Å². The van der Waals surface area contributed by atoms with E-state index in [0.717, 1.165) is 17.1 Å². The first kappa shape index (κ1) is 4.96. The molecule has 0 saturated heterocycles. The summed E-state index contributed by atoms with van der Waals surface area (Å²) in [6.07, 6.45) is 3.95. The van der Waals surface area contributed by atoms with Crippen LogP contribution in [-0.2, 0) is 4.79 Å². The standard InChI is InChI=1S/C5H5O.Al/c1-2-3-4-5-6;/h1-2,5H,3H2;. The molecular formula is C5H5AlO. The Morgan fingerprint density at radius 2 is 2.71 bits per heavy atom. The molecule has 7 heavy (non-hydrogen) atoms. The van der Waals surface area contributed by atoms with E-state index in [1.54, 1.807) is 0 Å². The number of rotatable bonds is 1. The van der Waals surface area contributed by atoms with Crippen molar-refractivity contribution in [1.29, 1.82) is 0 Å². The van der Waals surface area contributed by atoms with E-state index in [-0.39, 0.29) is 14.8 Å². The van der Waals surface area contributed by atoms with Gasteiger partial charge in [0, 0.05) is 0 Å². The Balaban J connectivity index is 2.61. The van der Waals surface area contributed by atoms with Crippen LogP contribution in [0.3, 0.4) is 0 Å². The van der Waals surface area contributed by atoms with Crippen molar-refractivity contribution < 1.29 is 4.79 Å². The van der Waals surface area contributed by atoms with Gasteiger partial charge in [0.25, 0.3) is 0 Å². The quantitative estimate of drug-likeness (QED) is 0.341. The fraction of sp³-hybridized carbons (Fsp3) is 0.200. The molecule has 1 aliphatic heterocycles. The van der Waals surface area contributed by atoms with Crippen LogP contribution < -0.4 is 0 Å². The minimum atomic E-state index is 0.247. The average molecular weight is 108 g/mol. The first-order chi connectivity index (χ1) is 3.43. The third-order valence-corrected chi connectivity index (χ3v) is 2.22. The molecule has 0 amide bonds. The molecule has 0 spiro atoms. The average Bonchev–Trinajstić information content (AvgIpc) is 2.14. The SMILES string of the molecule is O=C[C]1=[Al][CH]=CC1. The normalized spacial score (nSPS) is 15.7. The molecule has 2 heteroatoms. The van der Waals surface area contributed by atoms with Crippen molar-refractivity contribution in [2.75, 3.05) is 0 Å². The van der Waals surface area contributed by atoms with Gasteiger partial charge >= 0.3 is 47.7 Å². The van der Waals surface area contributed by atoms with Crippen molar-refractivity contribution in [1.82, 2.24) is 0 Å². The molecule has 0 N–H and O–H groups in total. The van der Waals surface area contributed by atoms with E-state index in [1.807, 2.05) is 0 Å². The Morgan fingerprint density at radius 1 is 1.86 bits per heavy atom. The molecule has 0 aromatic rings. The zero-order valence-electron chi connectivity index (χ0n) is 3.92.